The number of rotatable bonds is 2. The van der Waals surface area contributed by atoms with Crippen LogP contribution >= 0.6 is 11.8 Å². The molecule has 3 rings (SSSR count). The molecule has 2 heterocycles. The first-order chi connectivity index (χ1) is 6.92. The maximum atomic E-state index is 5.80. The molecular formula is C11H13NOS. The summed E-state index contributed by atoms with van der Waals surface area (Å²) in [6, 6.07) is 6.48. The van der Waals surface area contributed by atoms with Gasteiger partial charge >= 0.3 is 0 Å². The summed E-state index contributed by atoms with van der Waals surface area (Å²) in [5, 5.41) is 3.20. The minimum Gasteiger partial charge on any atom is -0.488 e. The van der Waals surface area contributed by atoms with Gasteiger partial charge < -0.3 is 10.1 Å². The predicted molar refractivity (Wildman–Crippen MR) is 58.2 cm³/mol. The zero-order valence-corrected chi connectivity index (χ0v) is 8.77. The van der Waals surface area contributed by atoms with E-state index in [1.54, 1.807) is 0 Å². The molecule has 0 unspecified atom stereocenters. The van der Waals surface area contributed by atoms with Crippen LogP contribution in [0.4, 0.5) is 0 Å². The van der Waals surface area contributed by atoms with Crippen LogP contribution < -0.4 is 10.1 Å². The van der Waals surface area contributed by atoms with Crippen LogP contribution in [0, 0.1) is 0 Å². The lowest BCUT2D eigenvalue weighted by Crippen LogP contribution is -2.50. The molecule has 2 aliphatic rings. The van der Waals surface area contributed by atoms with Gasteiger partial charge in [-0.3, -0.25) is 0 Å². The van der Waals surface area contributed by atoms with Crippen LogP contribution in [0.2, 0.25) is 0 Å². The van der Waals surface area contributed by atoms with Crippen LogP contribution in [0.3, 0.4) is 0 Å². The van der Waals surface area contributed by atoms with Crippen molar-refractivity contribution in [1.29, 1.82) is 0 Å². The van der Waals surface area contributed by atoms with Crippen LogP contribution in [0.15, 0.2) is 23.1 Å². The van der Waals surface area contributed by atoms with E-state index in [0.717, 1.165) is 18.8 Å². The highest BCUT2D eigenvalue weighted by atomic mass is 32.2. The smallest absolute Gasteiger partial charge is 0.123 e. The van der Waals surface area contributed by atoms with Crippen molar-refractivity contribution >= 4 is 11.8 Å². The summed E-state index contributed by atoms with van der Waals surface area (Å²) >= 11 is 1.95. The van der Waals surface area contributed by atoms with Crippen LogP contribution in [0.1, 0.15) is 5.56 Å². The number of nitrogens with one attached hydrogen (secondary N) is 1. The fourth-order valence-corrected chi connectivity index (χ4v) is 2.83. The van der Waals surface area contributed by atoms with Crippen molar-refractivity contribution in [2.45, 2.75) is 17.4 Å². The molecule has 0 aromatic heterocycles. The first-order valence-corrected chi connectivity index (χ1v) is 6.03. The molecule has 3 heteroatoms. The zero-order chi connectivity index (χ0) is 9.38. The fraction of sp³-hybridized carbons (Fsp3) is 0.455. The Morgan fingerprint density at radius 1 is 1.36 bits per heavy atom. The third-order valence-electron chi connectivity index (χ3n) is 2.71. The first-order valence-electron chi connectivity index (χ1n) is 5.05. The molecule has 2 nitrogen and oxygen atoms in total. The van der Waals surface area contributed by atoms with Crippen molar-refractivity contribution in [2.24, 2.45) is 0 Å². The summed E-state index contributed by atoms with van der Waals surface area (Å²) in [4.78, 5) is 1.43. The number of thioether (sulfide) groups is 1. The molecule has 0 saturated carbocycles. The Labute approximate surface area is 88.0 Å². The van der Waals surface area contributed by atoms with E-state index in [4.69, 9.17) is 4.74 Å². The Bertz CT molecular complexity index is 349. The topological polar surface area (TPSA) is 21.3 Å². The van der Waals surface area contributed by atoms with Gasteiger partial charge in [-0.1, -0.05) is 0 Å². The number of fused-ring (bicyclic) bond motifs is 1. The van der Waals surface area contributed by atoms with E-state index in [-0.39, 0.29) is 0 Å². The van der Waals surface area contributed by atoms with E-state index in [1.807, 2.05) is 11.8 Å². The fourth-order valence-electron chi connectivity index (χ4n) is 1.77. The number of aryl methyl sites for hydroxylation is 1. The summed E-state index contributed by atoms with van der Waals surface area (Å²) in [6.07, 6.45) is 1.59. The molecule has 0 amide bonds. The highest BCUT2D eigenvalue weighted by Gasteiger charge is 2.19. The van der Waals surface area contributed by atoms with Crippen LogP contribution in [-0.2, 0) is 6.42 Å². The minimum atomic E-state index is 0.391. The maximum Gasteiger partial charge on any atom is 0.123 e. The van der Waals surface area contributed by atoms with Crippen molar-refractivity contribution in [2.75, 3.05) is 18.8 Å². The first kappa shape index (κ1) is 8.62. The number of hydrogen-bond acceptors (Lipinski definition) is 3. The molecule has 0 spiro atoms. The summed E-state index contributed by atoms with van der Waals surface area (Å²) in [6.45, 7) is 1.98. The average molecular weight is 207 g/mol. The van der Waals surface area contributed by atoms with E-state index >= 15 is 0 Å². The molecular weight excluding hydrogens is 194 g/mol. The van der Waals surface area contributed by atoms with Crippen molar-refractivity contribution in [3.05, 3.63) is 23.8 Å². The summed E-state index contributed by atoms with van der Waals surface area (Å²) in [5.74, 6) is 2.27. The minimum absolute atomic E-state index is 0.391. The Morgan fingerprint density at radius 3 is 3.07 bits per heavy atom. The lowest BCUT2D eigenvalue weighted by Gasteiger charge is -2.27. The quantitative estimate of drug-likeness (QED) is 0.797. The van der Waals surface area contributed by atoms with Crippen molar-refractivity contribution in [1.82, 2.24) is 5.32 Å². The number of ether oxygens (including phenoxy) is 1. The van der Waals surface area contributed by atoms with E-state index < -0.39 is 0 Å². The molecule has 74 valence electrons. The van der Waals surface area contributed by atoms with Gasteiger partial charge in [0.25, 0.3) is 0 Å². The average Bonchev–Trinajstić information content (AvgIpc) is 2.58. The van der Waals surface area contributed by atoms with Gasteiger partial charge in [-0.2, -0.15) is 0 Å². The molecule has 0 atom stereocenters. The molecule has 1 fully saturated rings. The second-order valence-electron chi connectivity index (χ2n) is 3.77. The van der Waals surface area contributed by atoms with Gasteiger partial charge in [0.15, 0.2) is 0 Å². The maximum absolute atomic E-state index is 5.80. The van der Waals surface area contributed by atoms with Gasteiger partial charge in [-0.15, -0.1) is 11.8 Å². The van der Waals surface area contributed by atoms with Crippen LogP contribution in [-0.4, -0.2) is 24.9 Å². The molecule has 0 bridgehead atoms. The zero-order valence-electron chi connectivity index (χ0n) is 7.95. The Hall–Kier alpha value is -0.670. The SMILES string of the molecule is c1cc2c(cc1OC1CNC1)CCS2. The highest BCUT2D eigenvalue weighted by molar-refractivity contribution is 7.99. The summed E-state index contributed by atoms with van der Waals surface area (Å²) < 4.78 is 5.80. The highest BCUT2D eigenvalue weighted by Crippen LogP contribution is 2.33. The van der Waals surface area contributed by atoms with Gasteiger partial charge in [-0.25, -0.2) is 0 Å². The Morgan fingerprint density at radius 2 is 2.29 bits per heavy atom. The van der Waals surface area contributed by atoms with E-state index in [2.05, 4.69) is 23.5 Å². The standard InChI is InChI=1S/C11H13NOS/c1-2-11-8(3-4-14-11)5-9(1)13-10-6-12-7-10/h1-2,5,10,12H,3-4,6-7H2. The summed E-state index contributed by atoms with van der Waals surface area (Å²) in [5.41, 5.74) is 1.46. The van der Waals surface area contributed by atoms with E-state index in [1.165, 1.54) is 22.6 Å². The molecule has 0 radical (unpaired) electrons. The van der Waals surface area contributed by atoms with Gasteiger partial charge in [-0.05, 0) is 30.2 Å². The van der Waals surface area contributed by atoms with Crippen molar-refractivity contribution in [3.8, 4) is 5.75 Å². The molecule has 1 aromatic carbocycles. The van der Waals surface area contributed by atoms with E-state index in [0.29, 0.717) is 6.10 Å². The van der Waals surface area contributed by atoms with E-state index in [9.17, 15) is 0 Å². The molecule has 0 aliphatic carbocycles. The second kappa shape index (κ2) is 3.48. The normalized spacial score (nSPS) is 20.3. The molecule has 2 aliphatic heterocycles. The van der Waals surface area contributed by atoms with Gasteiger partial charge in [0.2, 0.25) is 0 Å². The summed E-state index contributed by atoms with van der Waals surface area (Å²) in [7, 11) is 0. The molecule has 1 N–H and O–H groups in total. The second-order valence-corrected chi connectivity index (χ2v) is 4.90. The third-order valence-corrected chi connectivity index (χ3v) is 3.83. The van der Waals surface area contributed by atoms with Gasteiger partial charge in [0.05, 0.1) is 0 Å². The molecule has 1 aromatic rings. The Kier molecular flexibility index (Phi) is 2.14. The van der Waals surface area contributed by atoms with Gasteiger partial charge in [0.1, 0.15) is 11.9 Å². The van der Waals surface area contributed by atoms with Crippen LogP contribution in [0.25, 0.3) is 0 Å². The lowest BCUT2D eigenvalue weighted by atomic mass is 10.1. The molecule has 14 heavy (non-hydrogen) atoms. The lowest BCUT2D eigenvalue weighted by molar-refractivity contribution is 0.142. The van der Waals surface area contributed by atoms with Crippen LogP contribution in [0.5, 0.6) is 5.75 Å². The third kappa shape index (κ3) is 1.51. The number of hydrogen-bond donors (Lipinski definition) is 1. The van der Waals surface area contributed by atoms with Crippen molar-refractivity contribution in [3.63, 3.8) is 0 Å². The Balaban J connectivity index is 1.78. The molecule has 1 saturated heterocycles. The van der Waals surface area contributed by atoms with Crippen molar-refractivity contribution < 1.29 is 4.74 Å². The predicted octanol–water partition coefficient (Wildman–Crippen LogP) is 1.69. The largest absolute Gasteiger partial charge is 0.488 e. The monoisotopic (exact) mass is 207 g/mol. The number of benzene rings is 1. The van der Waals surface area contributed by atoms with Gasteiger partial charge in [0, 0.05) is 23.7 Å².